The molecule has 8 nitrogen and oxygen atoms in total. The van der Waals surface area contributed by atoms with Crippen LogP contribution >= 0.6 is 23.3 Å². The number of hydrogen-bond acceptors (Lipinski definition) is 8. The topological polar surface area (TPSA) is 124 Å². The molecule has 4 rings (SSSR count). The van der Waals surface area contributed by atoms with Crippen molar-refractivity contribution < 1.29 is 10.0 Å². The SMILES string of the molecule is N=C(NCC1CCCCC1)c1c(O)nsc1Nc1ccc(Sc2ccc([N+](=O)[O-])cc2)cc1. The first-order valence-electron chi connectivity index (χ1n) is 10.8. The van der Waals surface area contributed by atoms with E-state index in [-0.39, 0.29) is 17.4 Å². The van der Waals surface area contributed by atoms with Crippen molar-refractivity contribution in [2.24, 2.45) is 5.92 Å². The van der Waals surface area contributed by atoms with Crippen LogP contribution in [0, 0.1) is 21.4 Å². The van der Waals surface area contributed by atoms with Gasteiger partial charge in [-0.15, -0.1) is 0 Å². The van der Waals surface area contributed by atoms with Crippen LogP contribution < -0.4 is 10.6 Å². The largest absolute Gasteiger partial charge is 0.492 e. The molecule has 10 heteroatoms. The van der Waals surface area contributed by atoms with Crippen LogP contribution in [-0.4, -0.2) is 26.8 Å². The molecule has 0 saturated heterocycles. The Balaban J connectivity index is 1.37. The number of amidine groups is 1. The van der Waals surface area contributed by atoms with Crippen LogP contribution in [0.2, 0.25) is 0 Å². The van der Waals surface area contributed by atoms with Crippen LogP contribution in [0.3, 0.4) is 0 Å². The Kier molecular flexibility index (Phi) is 7.46. The van der Waals surface area contributed by atoms with Gasteiger partial charge in [0, 0.05) is 34.2 Å². The third-order valence-corrected chi connectivity index (χ3v) is 7.38. The molecule has 1 heterocycles. The fourth-order valence-electron chi connectivity index (χ4n) is 3.83. The van der Waals surface area contributed by atoms with E-state index in [2.05, 4.69) is 15.0 Å². The molecule has 1 aliphatic rings. The molecule has 1 aromatic heterocycles. The molecule has 1 aliphatic carbocycles. The Morgan fingerprint density at radius 1 is 1.12 bits per heavy atom. The van der Waals surface area contributed by atoms with Gasteiger partial charge in [0.2, 0.25) is 5.88 Å². The first-order chi connectivity index (χ1) is 16.0. The predicted molar refractivity (Wildman–Crippen MR) is 132 cm³/mol. The Bertz CT molecular complexity index is 1110. The fourth-order valence-corrected chi connectivity index (χ4v) is 5.36. The Labute approximate surface area is 200 Å². The maximum atomic E-state index is 10.8. The van der Waals surface area contributed by atoms with E-state index in [4.69, 9.17) is 5.41 Å². The van der Waals surface area contributed by atoms with Crippen LogP contribution in [0.4, 0.5) is 16.4 Å². The van der Waals surface area contributed by atoms with Gasteiger partial charge in [0.05, 0.1) is 4.92 Å². The normalized spacial score (nSPS) is 14.1. The lowest BCUT2D eigenvalue weighted by molar-refractivity contribution is -0.384. The van der Waals surface area contributed by atoms with Crippen molar-refractivity contribution >= 4 is 45.5 Å². The second-order valence-electron chi connectivity index (χ2n) is 7.97. The summed E-state index contributed by atoms with van der Waals surface area (Å²) < 4.78 is 4.02. The van der Waals surface area contributed by atoms with Crippen molar-refractivity contribution in [3.8, 4) is 5.88 Å². The number of aromatic nitrogens is 1. The third kappa shape index (κ3) is 6.02. The molecule has 1 saturated carbocycles. The lowest BCUT2D eigenvalue weighted by atomic mass is 9.89. The highest BCUT2D eigenvalue weighted by atomic mass is 32.2. The maximum Gasteiger partial charge on any atom is 0.269 e. The zero-order chi connectivity index (χ0) is 23.2. The number of nitro groups is 1. The van der Waals surface area contributed by atoms with Crippen molar-refractivity contribution in [3.05, 3.63) is 64.2 Å². The summed E-state index contributed by atoms with van der Waals surface area (Å²) in [5.41, 5.74) is 1.27. The van der Waals surface area contributed by atoms with E-state index < -0.39 is 4.92 Å². The lowest BCUT2D eigenvalue weighted by Gasteiger charge is -2.22. The average molecular weight is 484 g/mol. The van der Waals surface area contributed by atoms with Crippen molar-refractivity contribution in [1.82, 2.24) is 9.69 Å². The van der Waals surface area contributed by atoms with Crippen molar-refractivity contribution in [3.63, 3.8) is 0 Å². The number of aromatic hydroxyl groups is 1. The molecule has 3 aromatic rings. The van der Waals surface area contributed by atoms with Gasteiger partial charge in [-0.25, -0.2) is 0 Å². The van der Waals surface area contributed by atoms with Crippen LogP contribution in [0.25, 0.3) is 0 Å². The van der Waals surface area contributed by atoms with Crippen LogP contribution in [0.5, 0.6) is 5.88 Å². The lowest BCUT2D eigenvalue weighted by Crippen LogP contribution is -2.30. The van der Waals surface area contributed by atoms with Gasteiger partial charge in [0.25, 0.3) is 5.69 Å². The highest BCUT2D eigenvalue weighted by molar-refractivity contribution is 7.99. The highest BCUT2D eigenvalue weighted by Gasteiger charge is 2.20. The highest BCUT2D eigenvalue weighted by Crippen LogP contribution is 2.34. The first kappa shape index (κ1) is 23.1. The molecule has 0 amide bonds. The number of nitro benzene ring substituents is 1. The van der Waals surface area contributed by atoms with E-state index in [1.165, 1.54) is 56.0 Å². The van der Waals surface area contributed by atoms with E-state index >= 15 is 0 Å². The summed E-state index contributed by atoms with van der Waals surface area (Å²) in [5, 5.41) is 36.5. The zero-order valence-corrected chi connectivity index (χ0v) is 19.5. The van der Waals surface area contributed by atoms with Gasteiger partial charge in [0.15, 0.2) is 0 Å². The first-order valence-corrected chi connectivity index (χ1v) is 12.4. The number of hydrogen-bond donors (Lipinski definition) is 4. The van der Waals surface area contributed by atoms with Crippen LogP contribution in [0.1, 0.15) is 37.7 Å². The van der Waals surface area contributed by atoms with E-state index in [1.807, 2.05) is 24.3 Å². The quantitative estimate of drug-likeness (QED) is 0.131. The van der Waals surface area contributed by atoms with Crippen molar-refractivity contribution in [1.29, 1.82) is 5.41 Å². The molecule has 1 fully saturated rings. The Morgan fingerprint density at radius 2 is 1.76 bits per heavy atom. The summed E-state index contributed by atoms with van der Waals surface area (Å²) in [6.07, 6.45) is 6.15. The van der Waals surface area contributed by atoms with Crippen LogP contribution in [-0.2, 0) is 0 Å². The van der Waals surface area contributed by atoms with Gasteiger partial charge in [-0.05, 0) is 66.7 Å². The minimum absolute atomic E-state index is 0.0707. The van der Waals surface area contributed by atoms with Crippen molar-refractivity contribution in [2.45, 2.75) is 41.9 Å². The molecular weight excluding hydrogens is 458 g/mol. The summed E-state index contributed by atoms with van der Waals surface area (Å²) in [6, 6.07) is 14.2. The smallest absolute Gasteiger partial charge is 0.269 e. The summed E-state index contributed by atoms with van der Waals surface area (Å²) >= 11 is 2.63. The fraction of sp³-hybridized carbons (Fsp3) is 0.304. The molecule has 0 aliphatic heterocycles. The summed E-state index contributed by atoms with van der Waals surface area (Å²) in [7, 11) is 0. The van der Waals surface area contributed by atoms with E-state index in [9.17, 15) is 15.2 Å². The molecular formula is C23H25N5O3S2. The molecule has 172 valence electrons. The number of non-ortho nitro benzene ring substituents is 1. The molecule has 2 aromatic carbocycles. The number of nitrogens with one attached hydrogen (secondary N) is 3. The molecule has 0 unspecified atom stereocenters. The average Bonchev–Trinajstić information content (AvgIpc) is 3.19. The van der Waals surface area contributed by atoms with E-state index in [1.54, 1.807) is 12.1 Å². The summed E-state index contributed by atoms with van der Waals surface area (Å²) in [4.78, 5) is 12.3. The molecule has 0 spiro atoms. The van der Waals surface area contributed by atoms with Gasteiger partial charge < -0.3 is 15.7 Å². The van der Waals surface area contributed by atoms with Crippen molar-refractivity contribution in [2.75, 3.05) is 11.9 Å². The van der Waals surface area contributed by atoms with Gasteiger partial charge in [-0.1, -0.05) is 31.0 Å². The minimum Gasteiger partial charge on any atom is -0.492 e. The molecule has 4 N–H and O–H groups in total. The summed E-state index contributed by atoms with van der Waals surface area (Å²) in [6.45, 7) is 0.738. The number of nitrogens with zero attached hydrogens (tertiary/aromatic N) is 2. The standard InChI is InChI=1S/C23H25N5O3S2/c24-21(25-14-15-4-2-1-3-5-15)20-22(29)27-33-23(20)26-16-6-10-18(11-7-16)32-19-12-8-17(9-13-19)28(30)31/h6-13,15,26H,1-5,14H2,(H2,24,25)(H,27,29). The Morgan fingerprint density at radius 3 is 2.39 bits per heavy atom. The second kappa shape index (κ2) is 10.7. The molecule has 0 radical (unpaired) electrons. The monoisotopic (exact) mass is 483 g/mol. The van der Waals surface area contributed by atoms with Gasteiger partial charge in [0.1, 0.15) is 16.4 Å². The zero-order valence-electron chi connectivity index (χ0n) is 17.9. The van der Waals surface area contributed by atoms with Gasteiger partial charge >= 0.3 is 0 Å². The molecule has 0 atom stereocenters. The van der Waals surface area contributed by atoms with Gasteiger partial charge in [-0.3, -0.25) is 15.5 Å². The molecule has 0 bridgehead atoms. The number of anilines is 2. The third-order valence-electron chi connectivity index (χ3n) is 5.61. The maximum absolute atomic E-state index is 10.8. The van der Waals surface area contributed by atoms with E-state index in [0.717, 1.165) is 33.6 Å². The minimum atomic E-state index is -0.411. The molecule has 33 heavy (non-hydrogen) atoms. The van der Waals surface area contributed by atoms with E-state index in [0.29, 0.717) is 16.5 Å². The summed E-state index contributed by atoms with van der Waals surface area (Å²) in [5.74, 6) is 0.610. The predicted octanol–water partition coefficient (Wildman–Crippen LogP) is 6.15. The second-order valence-corrected chi connectivity index (χ2v) is 9.89. The Hall–Kier alpha value is -3.11. The number of rotatable bonds is 8. The van der Waals surface area contributed by atoms with Crippen LogP contribution in [0.15, 0.2) is 58.3 Å². The van der Waals surface area contributed by atoms with Gasteiger partial charge in [-0.2, -0.15) is 4.37 Å². The number of benzene rings is 2.